The van der Waals surface area contributed by atoms with Crippen molar-refractivity contribution >= 4 is 43.5 Å². The van der Waals surface area contributed by atoms with Gasteiger partial charge in [-0.25, -0.2) is 0 Å². The van der Waals surface area contributed by atoms with E-state index in [9.17, 15) is 0 Å². The number of rotatable bonds is 4. The molecule has 1 atom stereocenters. The third-order valence-corrected chi connectivity index (χ3v) is 4.42. The Morgan fingerprint density at radius 1 is 1.11 bits per heavy atom. The number of benzene rings is 2. The molecule has 4 heteroatoms. The second kappa shape index (κ2) is 6.89. The minimum atomic E-state index is 0.0844. The molecule has 0 saturated heterocycles. The quantitative estimate of drug-likeness (QED) is 0.704. The number of hydrogen-bond acceptors (Lipinski definition) is 1. The molecule has 0 aliphatic rings. The molecule has 1 nitrogen and oxygen atoms in total. The van der Waals surface area contributed by atoms with Crippen LogP contribution in [-0.4, -0.2) is 6.54 Å². The maximum absolute atomic E-state index is 6.32. The van der Waals surface area contributed by atoms with E-state index in [2.05, 4.69) is 62.3 Å². The van der Waals surface area contributed by atoms with Crippen molar-refractivity contribution in [1.82, 2.24) is 5.32 Å². The van der Waals surface area contributed by atoms with Crippen LogP contribution < -0.4 is 5.32 Å². The standard InChI is InChI=1S/C15H14Br2ClN/c1-2-19-15(12-5-3-4-6-14(12)18)11-8-7-10(16)9-13(11)17/h3-9,15,19H,2H2,1H3. The van der Waals surface area contributed by atoms with Gasteiger partial charge in [0.2, 0.25) is 0 Å². The van der Waals surface area contributed by atoms with Gasteiger partial charge in [0.25, 0.3) is 0 Å². The van der Waals surface area contributed by atoms with Crippen molar-refractivity contribution in [1.29, 1.82) is 0 Å². The van der Waals surface area contributed by atoms with Gasteiger partial charge in [0.15, 0.2) is 0 Å². The molecule has 2 aromatic rings. The Bertz CT molecular complexity index is 572. The van der Waals surface area contributed by atoms with Gasteiger partial charge in [-0.15, -0.1) is 0 Å². The van der Waals surface area contributed by atoms with Crippen LogP contribution in [0.15, 0.2) is 51.4 Å². The third-order valence-electron chi connectivity index (χ3n) is 2.90. The maximum atomic E-state index is 6.32. The predicted octanol–water partition coefficient (Wildman–Crippen LogP) is 5.56. The number of halogens is 3. The van der Waals surface area contributed by atoms with E-state index in [-0.39, 0.29) is 6.04 Å². The maximum Gasteiger partial charge on any atom is 0.0602 e. The van der Waals surface area contributed by atoms with Crippen LogP contribution in [0.4, 0.5) is 0 Å². The normalized spacial score (nSPS) is 12.4. The first-order valence-electron chi connectivity index (χ1n) is 6.06. The van der Waals surface area contributed by atoms with Crippen molar-refractivity contribution in [2.75, 3.05) is 6.54 Å². The van der Waals surface area contributed by atoms with Crippen molar-refractivity contribution in [3.05, 3.63) is 67.6 Å². The highest BCUT2D eigenvalue weighted by Crippen LogP contribution is 2.33. The molecule has 100 valence electrons. The van der Waals surface area contributed by atoms with Gasteiger partial charge in [-0.2, -0.15) is 0 Å². The Kier molecular flexibility index (Phi) is 5.46. The van der Waals surface area contributed by atoms with Crippen molar-refractivity contribution in [2.45, 2.75) is 13.0 Å². The monoisotopic (exact) mass is 401 g/mol. The lowest BCUT2D eigenvalue weighted by molar-refractivity contribution is 0.628. The summed E-state index contributed by atoms with van der Waals surface area (Å²) in [5.74, 6) is 0. The zero-order valence-electron chi connectivity index (χ0n) is 10.5. The lowest BCUT2D eigenvalue weighted by atomic mass is 9.98. The Labute approximate surface area is 135 Å². The van der Waals surface area contributed by atoms with E-state index in [0.717, 1.165) is 26.1 Å². The summed E-state index contributed by atoms with van der Waals surface area (Å²) in [6.45, 7) is 2.97. The van der Waals surface area contributed by atoms with E-state index in [1.165, 1.54) is 5.56 Å². The fourth-order valence-corrected chi connectivity index (χ4v) is 3.56. The van der Waals surface area contributed by atoms with Crippen molar-refractivity contribution in [3.63, 3.8) is 0 Å². The molecule has 0 radical (unpaired) electrons. The zero-order valence-corrected chi connectivity index (χ0v) is 14.4. The van der Waals surface area contributed by atoms with Crippen LogP contribution in [0.2, 0.25) is 5.02 Å². The predicted molar refractivity (Wildman–Crippen MR) is 88.8 cm³/mol. The fourth-order valence-electron chi connectivity index (χ4n) is 2.04. The van der Waals surface area contributed by atoms with Gasteiger partial charge in [0.1, 0.15) is 0 Å². The van der Waals surface area contributed by atoms with Crippen molar-refractivity contribution < 1.29 is 0 Å². The first kappa shape index (κ1) is 15.0. The van der Waals surface area contributed by atoms with Crippen molar-refractivity contribution in [3.8, 4) is 0 Å². The lowest BCUT2D eigenvalue weighted by Gasteiger charge is -2.21. The molecule has 1 N–H and O–H groups in total. The Balaban J connectivity index is 2.48. The molecule has 1 unspecified atom stereocenters. The summed E-state index contributed by atoms with van der Waals surface area (Å²) >= 11 is 13.4. The van der Waals surface area contributed by atoms with E-state index in [1.807, 2.05) is 24.3 Å². The summed E-state index contributed by atoms with van der Waals surface area (Å²) in [4.78, 5) is 0. The molecule has 0 saturated carbocycles. The van der Waals surface area contributed by atoms with E-state index in [0.29, 0.717) is 0 Å². The molecule has 19 heavy (non-hydrogen) atoms. The molecule has 2 aromatic carbocycles. The average molecular weight is 404 g/mol. The Morgan fingerprint density at radius 2 is 1.84 bits per heavy atom. The van der Waals surface area contributed by atoms with E-state index >= 15 is 0 Å². The molecule has 0 amide bonds. The first-order chi connectivity index (χ1) is 9.13. The Hall–Kier alpha value is -0.350. The van der Waals surface area contributed by atoms with E-state index in [1.54, 1.807) is 0 Å². The second-order valence-electron chi connectivity index (χ2n) is 4.18. The smallest absolute Gasteiger partial charge is 0.0602 e. The number of nitrogens with one attached hydrogen (secondary N) is 1. The van der Waals surface area contributed by atoms with Gasteiger partial charge in [-0.05, 0) is 35.9 Å². The lowest BCUT2D eigenvalue weighted by Crippen LogP contribution is -2.22. The third kappa shape index (κ3) is 3.60. The molecule has 2 rings (SSSR count). The summed E-state index contributed by atoms with van der Waals surface area (Å²) in [5.41, 5.74) is 2.27. The topological polar surface area (TPSA) is 12.0 Å². The number of hydrogen-bond donors (Lipinski definition) is 1. The first-order valence-corrected chi connectivity index (χ1v) is 8.02. The van der Waals surface area contributed by atoms with Gasteiger partial charge in [-0.1, -0.05) is 74.7 Å². The minimum absolute atomic E-state index is 0.0844. The molecule has 0 fully saturated rings. The van der Waals surface area contributed by atoms with Gasteiger partial charge < -0.3 is 5.32 Å². The molecule has 0 aromatic heterocycles. The summed E-state index contributed by atoms with van der Waals surface area (Å²) in [6.07, 6.45) is 0. The van der Waals surface area contributed by atoms with Crippen LogP contribution in [0.25, 0.3) is 0 Å². The molecule has 0 aliphatic carbocycles. The van der Waals surface area contributed by atoms with Crippen LogP contribution in [-0.2, 0) is 0 Å². The van der Waals surface area contributed by atoms with Gasteiger partial charge >= 0.3 is 0 Å². The SMILES string of the molecule is CCNC(c1ccccc1Cl)c1ccc(Br)cc1Br. The highest BCUT2D eigenvalue weighted by atomic mass is 79.9. The summed E-state index contributed by atoms with van der Waals surface area (Å²) in [5, 5.41) is 4.27. The van der Waals surface area contributed by atoms with Crippen LogP contribution in [0, 0.1) is 0 Å². The largest absolute Gasteiger partial charge is 0.306 e. The molecular formula is C15H14Br2ClN. The van der Waals surface area contributed by atoms with E-state index in [4.69, 9.17) is 11.6 Å². The van der Waals surface area contributed by atoms with Crippen LogP contribution in [0.3, 0.4) is 0 Å². The Morgan fingerprint density at radius 3 is 2.47 bits per heavy atom. The molecule has 0 spiro atoms. The van der Waals surface area contributed by atoms with Crippen LogP contribution >= 0.6 is 43.5 Å². The highest BCUT2D eigenvalue weighted by molar-refractivity contribution is 9.11. The summed E-state index contributed by atoms with van der Waals surface area (Å²) in [7, 11) is 0. The average Bonchev–Trinajstić information content (AvgIpc) is 2.38. The van der Waals surface area contributed by atoms with Crippen LogP contribution in [0.1, 0.15) is 24.1 Å². The molecule has 0 heterocycles. The summed E-state index contributed by atoms with van der Waals surface area (Å²) < 4.78 is 2.12. The van der Waals surface area contributed by atoms with Gasteiger partial charge in [0, 0.05) is 14.0 Å². The van der Waals surface area contributed by atoms with Crippen molar-refractivity contribution in [2.24, 2.45) is 0 Å². The van der Waals surface area contributed by atoms with E-state index < -0.39 is 0 Å². The fraction of sp³-hybridized carbons (Fsp3) is 0.200. The van der Waals surface area contributed by atoms with Crippen LogP contribution in [0.5, 0.6) is 0 Å². The minimum Gasteiger partial charge on any atom is -0.306 e. The highest BCUT2D eigenvalue weighted by Gasteiger charge is 2.18. The molecule has 0 bridgehead atoms. The van der Waals surface area contributed by atoms with Gasteiger partial charge in [0.05, 0.1) is 6.04 Å². The second-order valence-corrected chi connectivity index (χ2v) is 6.36. The zero-order chi connectivity index (χ0) is 13.8. The van der Waals surface area contributed by atoms with Gasteiger partial charge in [-0.3, -0.25) is 0 Å². The summed E-state index contributed by atoms with van der Waals surface area (Å²) in [6, 6.07) is 14.2. The molecular weight excluding hydrogens is 389 g/mol. The molecule has 0 aliphatic heterocycles.